The molecule has 0 rings (SSSR count). The van der Waals surface area contributed by atoms with Crippen molar-refractivity contribution in [1.29, 1.82) is 0 Å². The van der Waals surface area contributed by atoms with Crippen LogP contribution < -0.4 is 0 Å². The molecule has 1 unspecified atom stereocenters. The van der Waals surface area contributed by atoms with Crippen LogP contribution in [0.1, 0.15) is 105 Å². The van der Waals surface area contributed by atoms with Gasteiger partial charge in [-0.15, -0.1) is 0 Å². The highest BCUT2D eigenvalue weighted by atomic mass is 16.5. The van der Waals surface area contributed by atoms with Gasteiger partial charge in [0.05, 0.1) is 13.2 Å². The van der Waals surface area contributed by atoms with Crippen molar-refractivity contribution in [2.24, 2.45) is 11.3 Å². The summed E-state index contributed by atoms with van der Waals surface area (Å²) in [6.45, 7) is 12.5. The summed E-state index contributed by atoms with van der Waals surface area (Å²) in [7, 11) is 0. The van der Waals surface area contributed by atoms with Gasteiger partial charge in [-0.05, 0) is 24.2 Å². The molecule has 25 heavy (non-hydrogen) atoms. The van der Waals surface area contributed by atoms with Gasteiger partial charge in [0.2, 0.25) is 0 Å². The number of esters is 1. The maximum absolute atomic E-state index is 10.9. The Morgan fingerprint density at radius 2 is 1.44 bits per heavy atom. The minimum Gasteiger partial charge on any atom is -0.466 e. The van der Waals surface area contributed by atoms with Gasteiger partial charge in [0.15, 0.2) is 0 Å². The van der Waals surface area contributed by atoms with Gasteiger partial charge in [-0.2, -0.15) is 0 Å². The predicted octanol–water partition coefficient (Wildman–Crippen LogP) is 6.54. The molecular formula is C22H44O3. The van der Waals surface area contributed by atoms with Crippen LogP contribution >= 0.6 is 0 Å². The van der Waals surface area contributed by atoms with Crippen LogP contribution in [0.2, 0.25) is 0 Å². The van der Waals surface area contributed by atoms with Crippen LogP contribution in [-0.4, -0.2) is 25.8 Å². The first kappa shape index (κ1) is 24.4. The van der Waals surface area contributed by atoms with Crippen molar-refractivity contribution in [3.8, 4) is 0 Å². The summed E-state index contributed by atoms with van der Waals surface area (Å²) in [4.78, 5) is 10.9. The average Bonchev–Trinajstić information content (AvgIpc) is 2.53. The molecule has 0 N–H and O–H groups in total. The lowest BCUT2D eigenvalue weighted by Gasteiger charge is -2.27. The third-order valence-corrected chi connectivity index (χ3v) is 4.61. The molecule has 0 bridgehead atoms. The number of carbonyl (C=O) groups is 1. The molecule has 0 fully saturated rings. The zero-order valence-electron chi connectivity index (χ0n) is 17.7. The Bertz CT molecular complexity index is 312. The Hall–Kier alpha value is -0.570. The van der Waals surface area contributed by atoms with E-state index in [-0.39, 0.29) is 11.4 Å². The summed E-state index contributed by atoms with van der Waals surface area (Å²) < 4.78 is 11.0. The summed E-state index contributed by atoms with van der Waals surface area (Å²) >= 11 is 0. The predicted molar refractivity (Wildman–Crippen MR) is 107 cm³/mol. The average molecular weight is 357 g/mol. The van der Waals surface area contributed by atoms with E-state index in [9.17, 15) is 4.79 Å². The van der Waals surface area contributed by atoms with Crippen LogP contribution in [0.3, 0.4) is 0 Å². The van der Waals surface area contributed by atoms with Gasteiger partial charge in [0.1, 0.15) is 0 Å². The number of hydrogen-bond donors (Lipinski definition) is 0. The van der Waals surface area contributed by atoms with Gasteiger partial charge in [-0.3, -0.25) is 4.79 Å². The first-order chi connectivity index (χ1) is 11.9. The smallest absolute Gasteiger partial charge is 0.302 e. The van der Waals surface area contributed by atoms with Gasteiger partial charge in [0.25, 0.3) is 0 Å². The van der Waals surface area contributed by atoms with E-state index in [4.69, 9.17) is 9.47 Å². The lowest BCUT2D eigenvalue weighted by atomic mass is 9.84. The Morgan fingerprint density at radius 1 is 0.920 bits per heavy atom. The molecule has 3 heteroatoms. The summed E-state index contributed by atoms with van der Waals surface area (Å²) in [5, 5.41) is 0. The molecule has 3 nitrogen and oxygen atoms in total. The topological polar surface area (TPSA) is 35.5 Å². The first-order valence-electron chi connectivity index (χ1n) is 10.6. The van der Waals surface area contributed by atoms with Crippen LogP contribution in [0.15, 0.2) is 0 Å². The fourth-order valence-corrected chi connectivity index (χ4v) is 3.36. The van der Waals surface area contributed by atoms with Crippen molar-refractivity contribution in [2.75, 3.05) is 19.8 Å². The van der Waals surface area contributed by atoms with Gasteiger partial charge in [0, 0.05) is 13.5 Å². The van der Waals surface area contributed by atoms with E-state index in [1.165, 1.54) is 71.1 Å². The number of hydrogen-bond acceptors (Lipinski definition) is 3. The van der Waals surface area contributed by atoms with Crippen molar-refractivity contribution in [2.45, 2.75) is 105 Å². The molecule has 0 aliphatic rings. The fourth-order valence-electron chi connectivity index (χ4n) is 3.36. The van der Waals surface area contributed by atoms with Crippen LogP contribution in [0.25, 0.3) is 0 Å². The highest BCUT2D eigenvalue weighted by Gasteiger charge is 2.22. The van der Waals surface area contributed by atoms with Crippen LogP contribution in [0.4, 0.5) is 0 Å². The van der Waals surface area contributed by atoms with E-state index in [2.05, 4.69) is 27.7 Å². The number of unbranched alkanes of at least 4 members (excludes halogenated alkanes) is 9. The van der Waals surface area contributed by atoms with E-state index < -0.39 is 0 Å². The van der Waals surface area contributed by atoms with E-state index >= 15 is 0 Å². The number of ether oxygens (including phenoxy) is 2. The summed E-state index contributed by atoms with van der Waals surface area (Å²) in [5.41, 5.74) is 0.137. The lowest BCUT2D eigenvalue weighted by molar-refractivity contribution is -0.142. The highest BCUT2D eigenvalue weighted by molar-refractivity contribution is 5.65. The van der Waals surface area contributed by atoms with Crippen molar-refractivity contribution < 1.29 is 14.3 Å². The van der Waals surface area contributed by atoms with Crippen molar-refractivity contribution in [3.63, 3.8) is 0 Å². The quantitative estimate of drug-likeness (QED) is 0.219. The largest absolute Gasteiger partial charge is 0.466 e. The molecule has 0 radical (unpaired) electrons. The van der Waals surface area contributed by atoms with Crippen LogP contribution in [0.5, 0.6) is 0 Å². The number of rotatable bonds is 17. The normalized spacial score (nSPS) is 13.0. The van der Waals surface area contributed by atoms with Crippen molar-refractivity contribution >= 4 is 5.97 Å². The standard InChI is InChI=1S/C22H44O3/c1-6-7-8-9-10-11-12-13-14-15-16-24-19-22(4,5)17-20(2)18-25-21(3)23/h20H,6-19H2,1-5H3. The molecule has 0 aromatic carbocycles. The minimum atomic E-state index is -0.193. The third-order valence-electron chi connectivity index (χ3n) is 4.61. The third kappa shape index (κ3) is 18.0. The van der Waals surface area contributed by atoms with Gasteiger partial charge >= 0.3 is 5.97 Å². The van der Waals surface area contributed by atoms with Gasteiger partial charge < -0.3 is 9.47 Å². The van der Waals surface area contributed by atoms with E-state index in [0.29, 0.717) is 12.5 Å². The number of carbonyl (C=O) groups excluding carboxylic acids is 1. The second kappa shape index (κ2) is 15.7. The zero-order chi connectivity index (χ0) is 19.0. The maximum Gasteiger partial charge on any atom is 0.302 e. The van der Waals surface area contributed by atoms with Crippen molar-refractivity contribution in [3.05, 3.63) is 0 Å². The Balaban J connectivity index is 3.46. The molecule has 150 valence electrons. The van der Waals surface area contributed by atoms with Crippen LogP contribution in [-0.2, 0) is 14.3 Å². The molecule has 0 saturated heterocycles. The Morgan fingerprint density at radius 3 is 1.96 bits per heavy atom. The molecule has 0 aliphatic heterocycles. The Kier molecular flexibility index (Phi) is 15.3. The van der Waals surface area contributed by atoms with Gasteiger partial charge in [-0.25, -0.2) is 0 Å². The molecule has 0 aliphatic carbocycles. The first-order valence-corrected chi connectivity index (χ1v) is 10.6. The Labute approximate surface area is 157 Å². The summed E-state index contributed by atoms with van der Waals surface area (Å²) in [6, 6.07) is 0. The zero-order valence-corrected chi connectivity index (χ0v) is 17.7. The minimum absolute atomic E-state index is 0.137. The molecule has 1 atom stereocenters. The molecule has 0 aromatic heterocycles. The van der Waals surface area contributed by atoms with Crippen molar-refractivity contribution in [1.82, 2.24) is 0 Å². The SMILES string of the molecule is CCCCCCCCCCCCOCC(C)(C)CC(C)COC(C)=O. The van der Waals surface area contributed by atoms with E-state index in [1.54, 1.807) is 0 Å². The lowest BCUT2D eigenvalue weighted by Crippen LogP contribution is -2.24. The molecule has 0 aromatic rings. The van der Waals surface area contributed by atoms with Crippen LogP contribution in [0, 0.1) is 11.3 Å². The molecule has 0 heterocycles. The molecule has 0 amide bonds. The molecule has 0 saturated carbocycles. The monoisotopic (exact) mass is 356 g/mol. The maximum atomic E-state index is 10.9. The fraction of sp³-hybridized carbons (Fsp3) is 0.955. The van der Waals surface area contributed by atoms with E-state index in [1.807, 2.05) is 0 Å². The summed E-state index contributed by atoms with van der Waals surface area (Å²) in [5.74, 6) is 0.182. The van der Waals surface area contributed by atoms with Gasteiger partial charge in [-0.1, -0.05) is 85.5 Å². The summed E-state index contributed by atoms with van der Waals surface area (Å²) in [6.07, 6.45) is 14.6. The molecular weight excluding hydrogens is 312 g/mol. The second-order valence-electron chi connectivity index (χ2n) is 8.51. The van der Waals surface area contributed by atoms with E-state index in [0.717, 1.165) is 19.6 Å². The second-order valence-corrected chi connectivity index (χ2v) is 8.51. The molecule has 0 spiro atoms. The highest BCUT2D eigenvalue weighted by Crippen LogP contribution is 2.26.